The summed E-state index contributed by atoms with van der Waals surface area (Å²) in [5.74, 6) is -1.08. The number of nitrogens with zero attached hydrogens (tertiary/aromatic N) is 1. The molecule has 0 aliphatic heterocycles. The fourth-order valence-electron chi connectivity index (χ4n) is 5.23. The van der Waals surface area contributed by atoms with E-state index in [-0.39, 0.29) is 30.7 Å². The maximum atomic E-state index is 13.7. The van der Waals surface area contributed by atoms with Crippen LogP contribution in [-0.4, -0.2) is 73.8 Å². The summed E-state index contributed by atoms with van der Waals surface area (Å²) in [6.07, 6.45) is 3.52. The van der Waals surface area contributed by atoms with Crippen LogP contribution < -0.4 is 31.4 Å². The Bertz CT molecular complexity index is 1700. The Morgan fingerprint density at radius 2 is 1.67 bits per heavy atom. The standard InChI is InChI=1S/C40H54N6O7S/c1-7-41-35(47)26-52-32-17-14-29(15-18-32)19-21-43-39(51)46-44-25-31(24-36(48)53-40(4,5)6)45-38(50)33(34-12-10-22-54-34)11-8-9-20-42-37(49)30-16-13-27(2)28(3)23-30/h10,12-18,22-23,25,31,33H,7-9,11,19-21,24,26H2,1-6H3,(H,41,47)(H,42,49)(H,45,50)(H2,43,46,51)/b44-25+. The van der Waals surface area contributed by atoms with Crippen molar-refractivity contribution in [2.24, 2.45) is 5.10 Å². The van der Waals surface area contributed by atoms with Gasteiger partial charge in [0, 0.05) is 36.3 Å². The first kappa shape index (κ1) is 43.2. The summed E-state index contributed by atoms with van der Waals surface area (Å²) in [5.41, 5.74) is 5.41. The zero-order chi connectivity index (χ0) is 39.5. The first-order valence-corrected chi connectivity index (χ1v) is 19.1. The molecule has 0 radical (unpaired) electrons. The summed E-state index contributed by atoms with van der Waals surface area (Å²) in [6, 6.07) is 15.2. The second-order valence-electron chi connectivity index (χ2n) is 13.8. The molecular formula is C40H54N6O7S. The molecule has 0 saturated carbocycles. The molecular weight excluding hydrogens is 709 g/mol. The number of esters is 1. The fraction of sp³-hybridized carbons (Fsp3) is 0.450. The number of amides is 5. The lowest BCUT2D eigenvalue weighted by atomic mass is 9.98. The minimum absolute atomic E-state index is 0.0650. The van der Waals surface area contributed by atoms with Gasteiger partial charge < -0.3 is 30.7 Å². The van der Waals surface area contributed by atoms with Gasteiger partial charge in [0.05, 0.1) is 18.4 Å². The zero-order valence-corrected chi connectivity index (χ0v) is 32.9. The van der Waals surface area contributed by atoms with Crippen LogP contribution in [0.5, 0.6) is 5.75 Å². The molecule has 3 aromatic rings. The quantitative estimate of drug-likeness (QED) is 0.0449. The number of thiophene rings is 1. The summed E-state index contributed by atoms with van der Waals surface area (Å²) in [5, 5.41) is 17.2. The highest BCUT2D eigenvalue weighted by Gasteiger charge is 2.26. The van der Waals surface area contributed by atoms with Crippen LogP contribution in [0.3, 0.4) is 0 Å². The van der Waals surface area contributed by atoms with E-state index in [0.717, 1.165) is 21.6 Å². The van der Waals surface area contributed by atoms with E-state index in [1.54, 1.807) is 32.9 Å². The first-order chi connectivity index (χ1) is 25.7. The second-order valence-corrected chi connectivity index (χ2v) is 14.8. The fourth-order valence-corrected chi connectivity index (χ4v) is 6.10. The van der Waals surface area contributed by atoms with Gasteiger partial charge in [-0.25, -0.2) is 10.2 Å². The number of rotatable bonds is 20. The molecule has 2 aromatic carbocycles. The molecule has 2 atom stereocenters. The largest absolute Gasteiger partial charge is 0.484 e. The Morgan fingerprint density at radius 1 is 0.907 bits per heavy atom. The van der Waals surface area contributed by atoms with Gasteiger partial charge in [0.15, 0.2) is 6.61 Å². The number of nitrogens with one attached hydrogen (secondary N) is 5. The molecule has 0 saturated heterocycles. The molecule has 1 heterocycles. The van der Waals surface area contributed by atoms with Crippen molar-refractivity contribution in [3.63, 3.8) is 0 Å². The average Bonchev–Trinajstić information content (AvgIpc) is 3.64. The van der Waals surface area contributed by atoms with Gasteiger partial charge in [-0.2, -0.15) is 5.10 Å². The molecule has 5 N–H and O–H groups in total. The zero-order valence-electron chi connectivity index (χ0n) is 32.1. The number of unbranched alkanes of at least 4 members (excludes halogenated alkanes) is 1. The van der Waals surface area contributed by atoms with Crippen LogP contribution in [0.25, 0.3) is 0 Å². The van der Waals surface area contributed by atoms with Crippen molar-refractivity contribution < 1.29 is 33.4 Å². The van der Waals surface area contributed by atoms with Gasteiger partial charge in [0.2, 0.25) is 5.91 Å². The molecule has 0 bridgehead atoms. The van der Waals surface area contributed by atoms with Crippen molar-refractivity contribution in [3.8, 4) is 5.75 Å². The lowest BCUT2D eigenvalue weighted by Gasteiger charge is -2.23. The van der Waals surface area contributed by atoms with Crippen LogP contribution in [0.1, 0.15) is 91.2 Å². The third-order valence-corrected chi connectivity index (χ3v) is 9.08. The van der Waals surface area contributed by atoms with E-state index in [2.05, 4.69) is 31.8 Å². The molecule has 0 aliphatic rings. The van der Waals surface area contributed by atoms with Crippen LogP contribution in [0, 0.1) is 13.8 Å². The monoisotopic (exact) mass is 762 g/mol. The molecule has 3 rings (SSSR count). The number of ether oxygens (including phenoxy) is 2. The number of benzene rings is 2. The maximum absolute atomic E-state index is 13.7. The Kier molecular flexibility index (Phi) is 17.7. The van der Waals surface area contributed by atoms with E-state index in [9.17, 15) is 24.0 Å². The van der Waals surface area contributed by atoms with E-state index in [1.807, 2.05) is 68.6 Å². The molecule has 2 unspecified atom stereocenters. The van der Waals surface area contributed by atoms with Crippen molar-refractivity contribution in [2.75, 3.05) is 26.2 Å². The highest BCUT2D eigenvalue weighted by molar-refractivity contribution is 7.10. The molecule has 54 heavy (non-hydrogen) atoms. The predicted molar refractivity (Wildman–Crippen MR) is 211 cm³/mol. The topological polar surface area (TPSA) is 176 Å². The minimum Gasteiger partial charge on any atom is -0.484 e. The number of hydrogen-bond acceptors (Lipinski definition) is 9. The van der Waals surface area contributed by atoms with Gasteiger partial charge in [0.1, 0.15) is 11.4 Å². The summed E-state index contributed by atoms with van der Waals surface area (Å²) in [7, 11) is 0. The summed E-state index contributed by atoms with van der Waals surface area (Å²) in [6.45, 7) is 12.3. The molecule has 1 aromatic heterocycles. The summed E-state index contributed by atoms with van der Waals surface area (Å²) >= 11 is 1.47. The molecule has 5 amide bonds. The minimum atomic E-state index is -0.860. The summed E-state index contributed by atoms with van der Waals surface area (Å²) < 4.78 is 11.0. The number of urea groups is 1. The van der Waals surface area contributed by atoms with Crippen molar-refractivity contribution in [1.29, 1.82) is 0 Å². The third-order valence-electron chi connectivity index (χ3n) is 8.10. The Balaban J connectivity index is 1.53. The number of aryl methyl sites for hydroxylation is 2. The lowest BCUT2D eigenvalue weighted by Crippen LogP contribution is -2.42. The molecule has 292 valence electrons. The maximum Gasteiger partial charge on any atom is 0.335 e. The smallest absolute Gasteiger partial charge is 0.335 e. The highest BCUT2D eigenvalue weighted by Crippen LogP contribution is 2.27. The normalized spacial score (nSPS) is 12.3. The molecule has 13 nitrogen and oxygen atoms in total. The van der Waals surface area contributed by atoms with Gasteiger partial charge in [0.25, 0.3) is 11.8 Å². The van der Waals surface area contributed by atoms with E-state index in [1.165, 1.54) is 17.6 Å². The number of carbonyl (C=O) groups is 5. The number of likely N-dealkylation sites (N-methyl/N-ethyl adjacent to an activating group) is 1. The van der Waals surface area contributed by atoms with Crippen molar-refractivity contribution in [3.05, 3.63) is 87.1 Å². The van der Waals surface area contributed by atoms with Crippen LogP contribution >= 0.6 is 11.3 Å². The van der Waals surface area contributed by atoms with Gasteiger partial charge in [-0.3, -0.25) is 19.2 Å². The molecule has 14 heteroatoms. The lowest BCUT2D eigenvalue weighted by molar-refractivity contribution is -0.155. The third kappa shape index (κ3) is 16.2. The molecule has 0 fully saturated rings. The Hall–Kier alpha value is -5.24. The van der Waals surface area contributed by atoms with Gasteiger partial charge in [-0.1, -0.05) is 30.7 Å². The number of carbonyl (C=O) groups excluding carboxylic acids is 5. The van der Waals surface area contributed by atoms with Gasteiger partial charge in [-0.05, 0) is 113 Å². The second kappa shape index (κ2) is 22.1. The van der Waals surface area contributed by atoms with Gasteiger partial charge >= 0.3 is 12.0 Å². The summed E-state index contributed by atoms with van der Waals surface area (Å²) in [4.78, 5) is 64.1. The average molecular weight is 763 g/mol. The van der Waals surface area contributed by atoms with E-state index in [4.69, 9.17) is 9.47 Å². The van der Waals surface area contributed by atoms with Crippen molar-refractivity contribution >= 4 is 47.3 Å². The Labute approximate surface area is 322 Å². The van der Waals surface area contributed by atoms with Crippen LogP contribution in [0.4, 0.5) is 4.79 Å². The number of hydrogen-bond donors (Lipinski definition) is 5. The molecule has 0 spiro atoms. The van der Waals surface area contributed by atoms with Crippen LogP contribution in [-0.2, 0) is 25.5 Å². The Morgan fingerprint density at radius 3 is 2.33 bits per heavy atom. The first-order valence-electron chi connectivity index (χ1n) is 18.2. The predicted octanol–water partition coefficient (Wildman–Crippen LogP) is 5.31. The van der Waals surface area contributed by atoms with Crippen molar-refractivity contribution in [2.45, 2.75) is 91.2 Å². The van der Waals surface area contributed by atoms with Crippen LogP contribution in [0.15, 0.2) is 65.1 Å². The van der Waals surface area contributed by atoms with E-state index < -0.39 is 29.6 Å². The van der Waals surface area contributed by atoms with Gasteiger partial charge in [-0.15, -0.1) is 11.3 Å². The van der Waals surface area contributed by atoms with E-state index in [0.29, 0.717) is 56.6 Å². The van der Waals surface area contributed by atoms with Crippen molar-refractivity contribution in [1.82, 2.24) is 26.7 Å². The number of hydrazone groups is 1. The molecule has 0 aliphatic carbocycles. The van der Waals surface area contributed by atoms with Crippen LogP contribution in [0.2, 0.25) is 0 Å². The van der Waals surface area contributed by atoms with E-state index >= 15 is 0 Å². The highest BCUT2D eigenvalue weighted by atomic mass is 32.1. The SMILES string of the molecule is CCNC(=O)COc1ccc(CCNC(=O)N/N=C/C(CC(=O)OC(C)(C)C)NC(=O)C(CCCCNC(=O)c2ccc(C)c(C)c2)c2cccs2)cc1.